The summed E-state index contributed by atoms with van der Waals surface area (Å²) in [6.07, 6.45) is 12.3. The molecule has 1 N–H and O–H groups in total. The van der Waals surface area contributed by atoms with Crippen molar-refractivity contribution < 1.29 is 24.2 Å². The fraction of sp³-hybridized carbons (Fsp3) is 0.780. The minimum Gasteiger partial charge on any atom is -0.481 e. The van der Waals surface area contributed by atoms with Gasteiger partial charge in [-0.1, -0.05) is 77.8 Å². The van der Waals surface area contributed by atoms with Crippen molar-refractivity contribution in [3.8, 4) is 0 Å². The molecule has 5 saturated carbocycles. The van der Waals surface area contributed by atoms with Gasteiger partial charge < -0.3 is 14.7 Å². The van der Waals surface area contributed by atoms with E-state index in [1.807, 2.05) is 12.1 Å². The van der Waals surface area contributed by atoms with Gasteiger partial charge in [-0.2, -0.15) is 0 Å². The van der Waals surface area contributed by atoms with Crippen LogP contribution < -0.4 is 0 Å². The summed E-state index contributed by atoms with van der Waals surface area (Å²) < 4.78 is 6.23. The largest absolute Gasteiger partial charge is 0.481 e. The zero-order chi connectivity index (χ0) is 42.4. The summed E-state index contributed by atoms with van der Waals surface area (Å²) in [6.45, 7) is 23.2. The number of carboxylic acids is 1. The van der Waals surface area contributed by atoms with E-state index >= 15 is 0 Å². The van der Waals surface area contributed by atoms with Crippen LogP contribution in [0, 0.1) is 56.2 Å². The summed E-state index contributed by atoms with van der Waals surface area (Å²) >= 11 is 6.37. The molecule has 1 aromatic rings. The zero-order valence-corrected chi connectivity index (χ0v) is 38.6. The van der Waals surface area contributed by atoms with Gasteiger partial charge in [-0.15, -0.1) is 0 Å². The number of hydrogen-bond donors (Lipinski definition) is 1. The summed E-state index contributed by atoms with van der Waals surface area (Å²) in [5.41, 5.74) is 3.05. The number of likely N-dealkylation sites (N-methyl/N-ethyl adjacent to an activating group) is 1. The zero-order valence-electron chi connectivity index (χ0n) is 37.9. The number of fused-ring (bicyclic) bond motifs is 7. The number of Topliss-reactive ketones (excluding diaryl/α,β-unsaturated/α-hetero) is 1. The highest BCUT2D eigenvalue weighted by molar-refractivity contribution is 6.30. The maximum atomic E-state index is 14.4. The fourth-order valence-electron chi connectivity index (χ4n) is 14.7. The second-order valence-corrected chi connectivity index (χ2v) is 23.2. The van der Waals surface area contributed by atoms with E-state index in [2.05, 4.69) is 84.5 Å². The molecular weight excluding hydrogens is 744 g/mol. The molecule has 0 radical (unpaired) electrons. The van der Waals surface area contributed by atoms with Gasteiger partial charge in [0, 0.05) is 40.9 Å². The van der Waals surface area contributed by atoms with E-state index in [1.165, 1.54) is 17.6 Å². The first kappa shape index (κ1) is 43.9. The number of rotatable bonds is 13. The first-order chi connectivity index (χ1) is 27.0. The predicted molar refractivity (Wildman–Crippen MR) is 232 cm³/mol. The highest BCUT2D eigenvalue weighted by Gasteiger charge is 2.70. The molecule has 1 aromatic carbocycles. The van der Waals surface area contributed by atoms with Crippen LogP contribution in [0.2, 0.25) is 5.02 Å². The first-order valence-electron chi connectivity index (χ1n) is 22.8. The Morgan fingerprint density at radius 3 is 2.14 bits per heavy atom. The number of ether oxygens (including phenoxy) is 1. The van der Waals surface area contributed by atoms with E-state index in [-0.39, 0.29) is 51.1 Å². The molecule has 7 rings (SSSR count). The quantitative estimate of drug-likeness (QED) is 0.198. The molecule has 0 bridgehead atoms. The average Bonchev–Trinajstić information content (AvgIpc) is 3.86. The average molecular weight is 820 g/mol. The van der Waals surface area contributed by atoms with Gasteiger partial charge in [-0.05, 0) is 168 Å². The molecule has 8 heteroatoms. The van der Waals surface area contributed by atoms with Crippen LogP contribution in [0.4, 0.5) is 0 Å². The smallest absolute Gasteiger partial charge is 0.309 e. The molecule has 1 unspecified atom stereocenters. The number of ketones is 1. The lowest BCUT2D eigenvalue weighted by molar-refractivity contribution is -0.233. The number of aliphatic carboxylic acids is 1. The molecule has 322 valence electrons. The Morgan fingerprint density at radius 1 is 0.862 bits per heavy atom. The standard InChI is InChI=1S/C50H75ClN2O5/c1-32(2)41-36(54)30-49(26-27-53(29-28-52(10)11)50(24-25-50)33-12-14-34(51)15-13-33)23-22-47(8)35(42(41)49)16-17-38-46(7)20-19-39(58-40(55)31-44(3,4)43(56)57)45(5,6)37(46)18-21-48(38,47)9/h12-15,32,35,37-39H,16-31H2,1-11H3,(H,56,57)/t35-,37?,38-,39+,46+,47-,48-,49-/m1/s1. The molecule has 0 spiro atoms. The van der Waals surface area contributed by atoms with Crippen LogP contribution in [0.15, 0.2) is 35.4 Å². The number of hydrogen-bond acceptors (Lipinski definition) is 6. The van der Waals surface area contributed by atoms with Crippen molar-refractivity contribution in [1.29, 1.82) is 0 Å². The molecule has 0 saturated heterocycles. The summed E-state index contributed by atoms with van der Waals surface area (Å²) in [5, 5.41) is 10.5. The minimum atomic E-state index is -1.15. The Balaban J connectivity index is 1.16. The molecule has 0 aromatic heterocycles. The fourth-order valence-corrected chi connectivity index (χ4v) is 14.9. The van der Waals surface area contributed by atoms with Crippen molar-refractivity contribution in [3.05, 3.63) is 46.0 Å². The van der Waals surface area contributed by atoms with E-state index < -0.39 is 17.4 Å². The molecule has 0 amide bonds. The van der Waals surface area contributed by atoms with Gasteiger partial charge >= 0.3 is 11.9 Å². The van der Waals surface area contributed by atoms with Gasteiger partial charge in [0.25, 0.3) is 0 Å². The van der Waals surface area contributed by atoms with Gasteiger partial charge in [0.15, 0.2) is 5.78 Å². The maximum absolute atomic E-state index is 14.4. The Kier molecular flexibility index (Phi) is 11.3. The van der Waals surface area contributed by atoms with Gasteiger partial charge in [0.05, 0.1) is 11.8 Å². The lowest BCUT2D eigenvalue weighted by Crippen LogP contribution is -2.65. The van der Waals surface area contributed by atoms with E-state index in [4.69, 9.17) is 16.3 Å². The lowest BCUT2D eigenvalue weighted by atomic mass is 9.33. The summed E-state index contributed by atoms with van der Waals surface area (Å²) in [5.74, 6) is 0.627. The first-order valence-corrected chi connectivity index (χ1v) is 23.2. The summed E-state index contributed by atoms with van der Waals surface area (Å²) in [6, 6.07) is 8.57. The van der Waals surface area contributed by atoms with Crippen molar-refractivity contribution in [1.82, 2.24) is 9.80 Å². The van der Waals surface area contributed by atoms with Crippen molar-refractivity contribution in [2.24, 2.45) is 56.2 Å². The van der Waals surface area contributed by atoms with Crippen LogP contribution in [0.25, 0.3) is 0 Å². The molecule has 58 heavy (non-hydrogen) atoms. The second kappa shape index (κ2) is 15.0. The highest BCUT2D eigenvalue weighted by atomic mass is 35.5. The highest BCUT2D eigenvalue weighted by Crippen LogP contribution is 2.77. The maximum Gasteiger partial charge on any atom is 0.309 e. The molecule has 0 aliphatic heterocycles. The molecule has 6 aliphatic carbocycles. The van der Waals surface area contributed by atoms with Crippen LogP contribution in [0.3, 0.4) is 0 Å². The third-order valence-corrected chi connectivity index (χ3v) is 18.6. The topological polar surface area (TPSA) is 87.2 Å². The second-order valence-electron chi connectivity index (χ2n) is 22.8. The molecule has 0 heterocycles. The minimum absolute atomic E-state index is 0.0492. The normalized spacial score (nSPS) is 36.4. The Morgan fingerprint density at radius 2 is 1.53 bits per heavy atom. The number of carbonyl (C=O) groups is 3. The number of carbonyl (C=O) groups excluding carboxylic acids is 2. The van der Waals surface area contributed by atoms with Crippen LogP contribution in [0.5, 0.6) is 0 Å². The monoisotopic (exact) mass is 819 g/mol. The molecule has 5 fully saturated rings. The molecular formula is C50H75ClN2O5. The Labute approximate surface area is 355 Å². The Hall–Kier alpha value is -2.22. The lowest BCUT2D eigenvalue weighted by Gasteiger charge is -2.72. The van der Waals surface area contributed by atoms with Gasteiger partial charge in [0.2, 0.25) is 0 Å². The Bertz CT molecular complexity index is 1810. The van der Waals surface area contributed by atoms with Gasteiger partial charge in [-0.25, -0.2) is 0 Å². The van der Waals surface area contributed by atoms with Crippen LogP contribution in [-0.2, 0) is 24.7 Å². The number of allylic oxidation sites excluding steroid dienone is 2. The van der Waals surface area contributed by atoms with Crippen LogP contribution >= 0.6 is 11.6 Å². The number of benzene rings is 1. The third kappa shape index (κ3) is 6.95. The number of carboxylic acid groups (broad SMARTS) is 1. The van der Waals surface area contributed by atoms with Gasteiger partial charge in [-0.3, -0.25) is 19.3 Å². The molecule has 6 aliphatic rings. The predicted octanol–water partition coefficient (Wildman–Crippen LogP) is 11.0. The van der Waals surface area contributed by atoms with Crippen LogP contribution in [-0.4, -0.2) is 72.5 Å². The van der Waals surface area contributed by atoms with E-state index in [0.29, 0.717) is 30.0 Å². The van der Waals surface area contributed by atoms with E-state index in [0.717, 1.165) is 88.9 Å². The van der Waals surface area contributed by atoms with Crippen molar-refractivity contribution >= 4 is 29.3 Å². The van der Waals surface area contributed by atoms with E-state index in [9.17, 15) is 19.5 Å². The molecule has 7 nitrogen and oxygen atoms in total. The summed E-state index contributed by atoms with van der Waals surface area (Å²) in [7, 11) is 4.34. The van der Waals surface area contributed by atoms with Crippen molar-refractivity contribution in [3.63, 3.8) is 0 Å². The van der Waals surface area contributed by atoms with Crippen molar-refractivity contribution in [2.75, 3.05) is 33.7 Å². The molecule has 8 atom stereocenters. The van der Waals surface area contributed by atoms with Crippen molar-refractivity contribution in [2.45, 2.75) is 157 Å². The summed E-state index contributed by atoms with van der Waals surface area (Å²) in [4.78, 5) is 44.5. The third-order valence-electron chi connectivity index (χ3n) is 18.3. The SMILES string of the molecule is CC(C)C1=C2[C@H]3CC[C@@H]4[C@@]5(C)CC[C@H](OC(=O)CC(C)(C)C(=O)O)C(C)(C)C5CC[C@@]4(C)[C@]3(C)CC[C@@]2(CCN(CCN(C)C)C2(c3ccc(Cl)cc3)CC2)CC1=O. The number of esters is 1. The number of halogens is 1. The van der Waals surface area contributed by atoms with Crippen LogP contribution in [0.1, 0.15) is 151 Å². The number of nitrogens with zero attached hydrogens (tertiary/aromatic N) is 2. The van der Waals surface area contributed by atoms with E-state index in [1.54, 1.807) is 19.4 Å². The van der Waals surface area contributed by atoms with Gasteiger partial charge in [0.1, 0.15) is 6.10 Å².